The summed E-state index contributed by atoms with van der Waals surface area (Å²) in [6.45, 7) is 1.52. The van der Waals surface area contributed by atoms with Gasteiger partial charge in [0.25, 0.3) is 11.6 Å². The van der Waals surface area contributed by atoms with Crippen LogP contribution in [0.2, 0.25) is 0 Å². The first-order chi connectivity index (χ1) is 13.4. The molecule has 9 heteroatoms. The summed E-state index contributed by atoms with van der Waals surface area (Å²) in [5.41, 5.74) is 0.245. The van der Waals surface area contributed by atoms with Crippen molar-refractivity contribution in [2.24, 2.45) is 0 Å². The summed E-state index contributed by atoms with van der Waals surface area (Å²) in [5.74, 6) is -0.0894. The predicted molar refractivity (Wildman–Crippen MR) is 97.5 cm³/mol. The molecule has 146 valence electrons. The van der Waals surface area contributed by atoms with Crippen molar-refractivity contribution < 1.29 is 28.7 Å². The van der Waals surface area contributed by atoms with Crippen LogP contribution in [-0.2, 0) is 9.53 Å². The molecule has 1 aliphatic heterocycles. The van der Waals surface area contributed by atoms with Gasteiger partial charge in [-0.3, -0.25) is 14.9 Å². The fraction of sp³-hybridized carbons (Fsp3) is 0.263. The molecule has 2 aromatic carbocycles. The van der Waals surface area contributed by atoms with Crippen molar-refractivity contribution in [3.8, 4) is 11.5 Å². The van der Waals surface area contributed by atoms with Gasteiger partial charge < -0.3 is 19.5 Å². The van der Waals surface area contributed by atoms with Gasteiger partial charge >= 0.3 is 5.97 Å². The van der Waals surface area contributed by atoms with Crippen LogP contribution in [0.4, 0.5) is 5.69 Å². The zero-order chi connectivity index (χ0) is 20.1. The SMILES string of the molecule is Cc1ccc(C(=O)OCC(=O)NC[C@@H]2COc3ccccc3O2)cc1[N+](=O)[O-]. The Bertz CT molecular complexity index is 913. The molecule has 1 heterocycles. The molecule has 0 saturated carbocycles. The number of nitrogens with one attached hydrogen (secondary N) is 1. The van der Waals surface area contributed by atoms with Crippen molar-refractivity contribution in [2.75, 3.05) is 19.8 Å². The lowest BCUT2D eigenvalue weighted by Crippen LogP contribution is -2.42. The third kappa shape index (κ3) is 4.56. The van der Waals surface area contributed by atoms with E-state index in [1.54, 1.807) is 19.1 Å². The Kier molecular flexibility index (Phi) is 5.73. The van der Waals surface area contributed by atoms with Crippen LogP contribution < -0.4 is 14.8 Å². The molecule has 0 saturated heterocycles. The van der Waals surface area contributed by atoms with Gasteiger partial charge in [-0.25, -0.2) is 4.79 Å². The molecular weight excluding hydrogens is 368 g/mol. The lowest BCUT2D eigenvalue weighted by Gasteiger charge is -2.26. The highest BCUT2D eigenvalue weighted by molar-refractivity contribution is 5.92. The lowest BCUT2D eigenvalue weighted by atomic mass is 10.1. The number of amides is 1. The number of aryl methyl sites for hydroxylation is 1. The highest BCUT2D eigenvalue weighted by Crippen LogP contribution is 2.30. The maximum absolute atomic E-state index is 12.0. The van der Waals surface area contributed by atoms with Crippen molar-refractivity contribution in [1.82, 2.24) is 5.32 Å². The molecule has 0 radical (unpaired) electrons. The number of hydrogen-bond acceptors (Lipinski definition) is 7. The van der Waals surface area contributed by atoms with E-state index >= 15 is 0 Å². The number of nitro groups is 1. The van der Waals surface area contributed by atoms with Gasteiger partial charge in [0, 0.05) is 11.6 Å². The first-order valence-electron chi connectivity index (χ1n) is 8.51. The molecular formula is C19H18N2O7. The summed E-state index contributed by atoms with van der Waals surface area (Å²) >= 11 is 0. The maximum Gasteiger partial charge on any atom is 0.338 e. The molecule has 0 unspecified atom stereocenters. The molecule has 1 N–H and O–H groups in total. The number of nitrogens with zero attached hydrogens (tertiary/aromatic N) is 1. The van der Waals surface area contributed by atoms with Gasteiger partial charge in [-0.05, 0) is 25.1 Å². The molecule has 0 bridgehead atoms. The molecule has 28 heavy (non-hydrogen) atoms. The molecule has 0 aliphatic carbocycles. The van der Waals surface area contributed by atoms with E-state index in [9.17, 15) is 19.7 Å². The van der Waals surface area contributed by atoms with E-state index in [0.717, 1.165) is 6.07 Å². The Morgan fingerprint density at radius 2 is 2.00 bits per heavy atom. The second-order valence-electron chi connectivity index (χ2n) is 6.14. The Hall–Kier alpha value is -3.62. The van der Waals surface area contributed by atoms with E-state index in [2.05, 4.69) is 5.32 Å². The highest BCUT2D eigenvalue weighted by atomic mass is 16.6. The minimum Gasteiger partial charge on any atom is -0.486 e. The average Bonchev–Trinajstić information content (AvgIpc) is 2.70. The Morgan fingerprint density at radius 1 is 1.25 bits per heavy atom. The van der Waals surface area contributed by atoms with Gasteiger partial charge in [-0.1, -0.05) is 18.2 Å². The number of ether oxygens (including phenoxy) is 3. The summed E-state index contributed by atoms with van der Waals surface area (Å²) < 4.78 is 16.2. The summed E-state index contributed by atoms with van der Waals surface area (Å²) in [4.78, 5) is 34.3. The summed E-state index contributed by atoms with van der Waals surface area (Å²) in [7, 11) is 0. The minimum absolute atomic E-state index is 0.00530. The fourth-order valence-corrected chi connectivity index (χ4v) is 2.59. The van der Waals surface area contributed by atoms with E-state index in [1.807, 2.05) is 12.1 Å². The number of benzene rings is 2. The number of hydrogen-bond donors (Lipinski definition) is 1. The topological polar surface area (TPSA) is 117 Å². The largest absolute Gasteiger partial charge is 0.486 e. The first kappa shape index (κ1) is 19.2. The number of nitro benzene ring substituents is 1. The molecule has 1 amide bonds. The Labute approximate surface area is 160 Å². The molecule has 0 aromatic heterocycles. The minimum atomic E-state index is -0.815. The van der Waals surface area contributed by atoms with Crippen LogP contribution in [0.3, 0.4) is 0 Å². The zero-order valence-electron chi connectivity index (χ0n) is 15.0. The highest BCUT2D eigenvalue weighted by Gasteiger charge is 2.21. The number of fused-ring (bicyclic) bond motifs is 1. The van der Waals surface area contributed by atoms with Crippen LogP contribution in [0.15, 0.2) is 42.5 Å². The van der Waals surface area contributed by atoms with Gasteiger partial charge in [0.15, 0.2) is 18.1 Å². The standard InChI is InChI=1S/C19H18N2O7/c1-12-6-7-13(8-15(12)21(24)25)19(23)27-11-18(22)20-9-14-10-26-16-4-2-3-5-17(16)28-14/h2-8,14H,9-11H2,1H3,(H,20,22)/t14-/m1/s1. The van der Waals surface area contributed by atoms with Gasteiger partial charge in [-0.2, -0.15) is 0 Å². The van der Waals surface area contributed by atoms with Crippen molar-refractivity contribution in [2.45, 2.75) is 13.0 Å². The monoisotopic (exact) mass is 386 g/mol. The van der Waals surface area contributed by atoms with E-state index < -0.39 is 23.4 Å². The summed E-state index contributed by atoms with van der Waals surface area (Å²) in [5, 5.41) is 13.5. The van der Waals surface area contributed by atoms with Crippen LogP contribution in [-0.4, -0.2) is 42.7 Å². The quantitative estimate of drug-likeness (QED) is 0.458. The van der Waals surface area contributed by atoms with Crippen molar-refractivity contribution >= 4 is 17.6 Å². The summed E-state index contributed by atoms with van der Waals surface area (Å²) in [6, 6.07) is 11.2. The molecule has 3 rings (SSSR count). The van der Waals surface area contributed by atoms with Crippen LogP contribution in [0.1, 0.15) is 15.9 Å². The lowest BCUT2D eigenvalue weighted by molar-refractivity contribution is -0.385. The van der Waals surface area contributed by atoms with E-state index in [1.165, 1.54) is 12.1 Å². The van der Waals surface area contributed by atoms with Crippen molar-refractivity contribution in [3.05, 3.63) is 63.7 Å². The number of carbonyl (C=O) groups excluding carboxylic acids is 2. The van der Waals surface area contributed by atoms with Crippen LogP contribution in [0, 0.1) is 17.0 Å². The van der Waals surface area contributed by atoms with Gasteiger partial charge in [0.05, 0.1) is 17.0 Å². The zero-order valence-corrected chi connectivity index (χ0v) is 15.0. The predicted octanol–water partition coefficient (Wildman–Crippen LogP) is 2.02. The Balaban J connectivity index is 1.46. The Morgan fingerprint density at radius 3 is 2.75 bits per heavy atom. The maximum atomic E-state index is 12.0. The third-order valence-corrected chi connectivity index (χ3v) is 4.07. The second kappa shape index (κ2) is 8.38. The number of carbonyl (C=O) groups is 2. The second-order valence-corrected chi connectivity index (χ2v) is 6.14. The molecule has 0 fully saturated rings. The van der Waals surface area contributed by atoms with E-state index in [-0.39, 0.29) is 30.5 Å². The number of para-hydroxylation sites is 2. The number of esters is 1. The number of rotatable bonds is 6. The smallest absolute Gasteiger partial charge is 0.338 e. The van der Waals surface area contributed by atoms with Crippen LogP contribution >= 0.6 is 0 Å². The van der Waals surface area contributed by atoms with E-state index in [4.69, 9.17) is 14.2 Å². The molecule has 1 atom stereocenters. The average molecular weight is 386 g/mol. The van der Waals surface area contributed by atoms with Crippen LogP contribution in [0.25, 0.3) is 0 Å². The molecule has 1 aliphatic rings. The van der Waals surface area contributed by atoms with E-state index in [0.29, 0.717) is 17.1 Å². The van der Waals surface area contributed by atoms with Gasteiger partial charge in [-0.15, -0.1) is 0 Å². The molecule has 9 nitrogen and oxygen atoms in total. The van der Waals surface area contributed by atoms with Crippen molar-refractivity contribution in [1.29, 1.82) is 0 Å². The van der Waals surface area contributed by atoms with Gasteiger partial charge in [0.1, 0.15) is 12.7 Å². The van der Waals surface area contributed by atoms with Crippen LogP contribution in [0.5, 0.6) is 11.5 Å². The molecule has 2 aromatic rings. The fourth-order valence-electron chi connectivity index (χ4n) is 2.59. The normalized spacial score (nSPS) is 14.8. The molecule has 0 spiro atoms. The summed E-state index contributed by atoms with van der Waals surface area (Å²) in [6.07, 6.45) is -0.366. The van der Waals surface area contributed by atoms with Gasteiger partial charge in [0.2, 0.25) is 0 Å². The third-order valence-electron chi connectivity index (χ3n) is 4.07. The first-order valence-corrected chi connectivity index (χ1v) is 8.51. The van der Waals surface area contributed by atoms with Crippen molar-refractivity contribution in [3.63, 3.8) is 0 Å².